The van der Waals surface area contributed by atoms with Crippen LogP contribution in [0.4, 0.5) is 0 Å². The van der Waals surface area contributed by atoms with Crippen molar-refractivity contribution in [2.24, 2.45) is 18.4 Å². The zero-order valence-corrected chi connectivity index (χ0v) is 13.7. The van der Waals surface area contributed by atoms with Gasteiger partial charge in [-0.05, 0) is 50.6 Å². The van der Waals surface area contributed by atoms with Gasteiger partial charge < -0.3 is 10.1 Å². The maximum Gasteiger partial charge on any atom is 0.0676 e. The molecule has 2 atom stereocenters. The van der Waals surface area contributed by atoms with E-state index in [1.54, 1.807) is 0 Å². The Labute approximate surface area is 128 Å². The summed E-state index contributed by atoms with van der Waals surface area (Å²) in [5.41, 5.74) is 2.82. The summed E-state index contributed by atoms with van der Waals surface area (Å²) in [5, 5.41) is 8.22. The average molecular weight is 291 g/mol. The quantitative estimate of drug-likeness (QED) is 0.838. The first kappa shape index (κ1) is 15.0. The van der Waals surface area contributed by atoms with Crippen LogP contribution in [0.15, 0.2) is 6.07 Å². The van der Waals surface area contributed by atoms with E-state index in [4.69, 9.17) is 4.74 Å². The Morgan fingerprint density at radius 3 is 2.86 bits per heavy atom. The van der Waals surface area contributed by atoms with Crippen molar-refractivity contribution in [3.63, 3.8) is 0 Å². The molecule has 3 rings (SSSR count). The minimum Gasteiger partial charge on any atom is -0.377 e. The van der Waals surface area contributed by atoms with Crippen LogP contribution in [0, 0.1) is 11.3 Å². The van der Waals surface area contributed by atoms with Gasteiger partial charge in [-0.3, -0.25) is 4.68 Å². The molecule has 0 radical (unpaired) electrons. The number of hydrogen-bond donors (Lipinski definition) is 1. The summed E-state index contributed by atoms with van der Waals surface area (Å²) in [6.07, 6.45) is 6.42. The van der Waals surface area contributed by atoms with Crippen LogP contribution in [0.25, 0.3) is 0 Å². The Kier molecular flexibility index (Phi) is 4.36. The van der Waals surface area contributed by atoms with Crippen molar-refractivity contribution in [1.29, 1.82) is 0 Å². The van der Waals surface area contributed by atoms with Gasteiger partial charge in [0.05, 0.1) is 11.8 Å². The number of ether oxygens (including phenoxy) is 1. The van der Waals surface area contributed by atoms with Gasteiger partial charge >= 0.3 is 0 Å². The summed E-state index contributed by atoms with van der Waals surface area (Å²) in [5.74, 6) is 0.796. The van der Waals surface area contributed by atoms with E-state index in [1.165, 1.54) is 30.7 Å². The molecule has 1 aliphatic heterocycles. The van der Waals surface area contributed by atoms with Gasteiger partial charge in [0.25, 0.3) is 0 Å². The predicted molar refractivity (Wildman–Crippen MR) is 84.3 cm³/mol. The van der Waals surface area contributed by atoms with Gasteiger partial charge in [0.2, 0.25) is 0 Å². The molecule has 21 heavy (non-hydrogen) atoms. The van der Waals surface area contributed by atoms with Crippen molar-refractivity contribution in [1.82, 2.24) is 15.1 Å². The second kappa shape index (κ2) is 6.09. The third kappa shape index (κ3) is 3.02. The van der Waals surface area contributed by atoms with Gasteiger partial charge in [0.1, 0.15) is 0 Å². The van der Waals surface area contributed by atoms with Crippen molar-refractivity contribution < 1.29 is 4.74 Å². The van der Waals surface area contributed by atoms with Crippen LogP contribution < -0.4 is 5.32 Å². The molecule has 2 heterocycles. The van der Waals surface area contributed by atoms with E-state index in [9.17, 15) is 0 Å². The average Bonchev–Trinajstić information content (AvgIpc) is 3.15. The van der Waals surface area contributed by atoms with Crippen LogP contribution in [-0.2, 0) is 24.6 Å². The molecule has 1 aromatic rings. The summed E-state index contributed by atoms with van der Waals surface area (Å²) >= 11 is 0. The highest BCUT2D eigenvalue weighted by atomic mass is 16.5. The van der Waals surface area contributed by atoms with Crippen LogP contribution in [0.2, 0.25) is 0 Å². The fraction of sp³-hybridized carbons (Fsp3) is 0.824. The van der Waals surface area contributed by atoms with Gasteiger partial charge in [-0.25, -0.2) is 0 Å². The van der Waals surface area contributed by atoms with E-state index in [0.717, 1.165) is 38.5 Å². The van der Waals surface area contributed by atoms with Gasteiger partial charge in [-0.2, -0.15) is 5.10 Å². The van der Waals surface area contributed by atoms with E-state index in [-0.39, 0.29) is 5.41 Å². The van der Waals surface area contributed by atoms with E-state index in [1.807, 2.05) is 0 Å². The number of nitrogens with zero attached hydrogens (tertiary/aromatic N) is 2. The lowest BCUT2D eigenvalue weighted by atomic mass is 9.75. The molecule has 118 valence electrons. The first-order chi connectivity index (χ1) is 10.2. The minimum absolute atomic E-state index is 0.260. The summed E-state index contributed by atoms with van der Waals surface area (Å²) in [7, 11) is 2.08. The largest absolute Gasteiger partial charge is 0.377 e. The molecule has 2 aliphatic rings. The van der Waals surface area contributed by atoms with E-state index in [2.05, 4.69) is 42.1 Å². The van der Waals surface area contributed by atoms with Gasteiger partial charge in [-0.1, -0.05) is 13.8 Å². The smallest absolute Gasteiger partial charge is 0.0676 e. The lowest BCUT2D eigenvalue weighted by Crippen LogP contribution is -2.44. The Morgan fingerprint density at radius 1 is 1.43 bits per heavy atom. The molecular formula is C17H29N3O. The van der Waals surface area contributed by atoms with Gasteiger partial charge in [0, 0.05) is 31.3 Å². The second-order valence-electron chi connectivity index (χ2n) is 6.80. The van der Waals surface area contributed by atoms with Crippen LogP contribution in [-0.4, -0.2) is 35.6 Å². The fourth-order valence-electron chi connectivity index (χ4n) is 3.83. The molecule has 1 aromatic heterocycles. The zero-order valence-electron chi connectivity index (χ0n) is 13.7. The number of hydrogen-bond acceptors (Lipinski definition) is 3. The topological polar surface area (TPSA) is 39.1 Å². The first-order valence-electron chi connectivity index (χ1n) is 8.52. The number of rotatable bonds is 7. The van der Waals surface area contributed by atoms with Crippen LogP contribution in [0.1, 0.15) is 44.5 Å². The molecule has 0 aromatic carbocycles. The number of nitrogens with one attached hydrogen (secondary N) is 1. The molecule has 2 unspecified atom stereocenters. The molecule has 0 spiro atoms. The molecular weight excluding hydrogens is 262 g/mol. The minimum atomic E-state index is 0.260. The van der Waals surface area contributed by atoms with Crippen molar-refractivity contribution in [2.45, 2.75) is 52.1 Å². The van der Waals surface area contributed by atoms with Crippen molar-refractivity contribution in [2.75, 3.05) is 19.7 Å². The summed E-state index contributed by atoms with van der Waals surface area (Å²) < 4.78 is 8.24. The Balaban J connectivity index is 1.82. The lowest BCUT2D eigenvalue weighted by molar-refractivity contribution is 0.0301. The Morgan fingerprint density at radius 2 is 2.24 bits per heavy atom. The molecule has 1 saturated carbocycles. The summed E-state index contributed by atoms with van der Waals surface area (Å²) in [6.45, 7) is 7.38. The predicted octanol–water partition coefficient (Wildman–Crippen LogP) is 2.32. The van der Waals surface area contributed by atoms with E-state index in [0.29, 0.717) is 6.10 Å². The molecule has 4 nitrogen and oxygen atoms in total. The molecule has 1 saturated heterocycles. The molecule has 4 heteroatoms. The van der Waals surface area contributed by atoms with Crippen molar-refractivity contribution in [3.8, 4) is 0 Å². The normalized spacial score (nSPS) is 29.2. The highest BCUT2D eigenvalue weighted by Crippen LogP contribution is 2.49. The lowest BCUT2D eigenvalue weighted by Gasteiger charge is -2.34. The first-order valence-corrected chi connectivity index (χ1v) is 8.52. The molecule has 1 aliphatic carbocycles. The Hall–Kier alpha value is -0.870. The SMILES string of the molecule is CCNCC1(Cc2cc(CC)nn2C)CCOC1C1CC1. The van der Waals surface area contributed by atoms with E-state index < -0.39 is 0 Å². The van der Waals surface area contributed by atoms with Crippen molar-refractivity contribution >= 4 is 0 Å². The zero-order chi connectivity index (χ0) is 14.9. The molecule has 1 N–H and O–H groups in total. The number of aromatic nitrogens is 2. The van der Waals surface area contributed by atoms with Crippen molar-refractivity contribution in [3.05, 3.63) is 17.5 Å². The third-order valence-corrected chi connectivity index (χ3v) is 5.20. The third-order valence-electron chi connectivity index (χ3n) is 5.20. The maximum absolute atomic E-state index is 6.17. The van der Waals surface area contributed by atoms with Gasteiger partial charge in [0.15, 0.2) is 0 Å². The standard InChI is InChI=1S/C17H29N3O/c1-4-14-10-15(20(3)19-14)11-17(12-18-5-2)8-9-21-16(17)13-6-7-13/h10,13,16,18H,4-9,11-12H2,1-3H3. The van der Waals surface area contributed by atoms with Gasteiger partial charge in [-0.15, -0.1) is 0 Å². The summed E-state index contributed by atoms with van der Waals surface area (Å²) in [6, 6.07) is 2.29. The van der Waals surface area contributed by atoms with E-state index >= 15 is 0 Å². The molecule has 0 bridgehead atoms. The molecule has 2 fully saturated rings. The van der Waals surface area contributed by atoms with Crippen LogP contribution in [0.5, 0.6) is 0 Å². The fourth-order valence-corrected chi connectivity index (χ4v) is 3.83. The second-order valence-corrected chi connectivity index (χ2v) is 6.80. The maximum atomic E-state index is 6.17. The highest BCUT2D eigenvalue weighted by molar-refractivity contribution is 5.15. The molecule has 0 amide bonds. The Bertz CT molecular complexity index is 480. The van der Waals surface area contributed by atoms with Crippen LogP contribution in [0.3, 0.4) is 0 Å². The monoisotopic (exact) mass is 291 g/mol. The highest BCUT2D eigenvalue weighted by Gasteiger charge is 2.50. The van der Waals surface area contributed by atoms with Crippen LogP contribution >= 0.6 is 0 Å². The number of aryl methyl sites for hydroxylation is 2. The summed E-state index contributed by atoms with van der Waals surface area (Å²) in [4.78, 5) is 0.